The molecule has 0 fully saturated rings. The number of nitrogens with zero attached hydrogens (tertiary/aromatic N) is 2. The van der Waals surface area contributed by atoms with Crippen molar-refractivity contribution in [2.24, 2.45) is 0 Å². The molecule has 0 saturated heterocycles. The third kappa shape index (κ3) is 1.88. The second-order valence-electron chi connectivity index (χ2n) is 5.77. The predicted molar refractivity (Wildman–Crippen MR) is 87.2 cm³/mol. The lowest BCUT2D eigenvalue weighted by atomic mass is 10.1. The summed E-state index contributed by atoms with van der Waals surface area (Å²) in [4.78, 5) is 4.55. The van der Waals surface area contributed by atoms with Crippen molar-refractivity contribution in [1.82, 2.24) is 4.90 Å². The molecule has 1 aliphatic rings. The van der Waals surface area contributed by atoms with Crippen molar-refractivity contribution in [3.8, 4) is 0 Å². The molecule has 0 atom stereocenters. The Morgan fingerprint density at radius 2 is 1.76 bits per heavy atom. The van der Waals surface area contributed by atoms with Crippen LogP contribution in [0.3, 0.4) is 0 Å². The molecule has 0 N–H and O–H groups in total. The molecule has 0 radical (unpaired) electrons. The van der Waals surface area contributed by atoms with Crippen LogP contribution in [-0.4, -0.2) is 17.6 Å². The number of fused-ring (bicyclic) bond motifs is 3. The van der Waals surface area contributed by atoms with Crippen LogP contribution in [0.25, 0.3) is 21.9 Å². The minimum Gasteiger partial charge on any atom is -0.454 e. The Hall–Kier alpha value is -2.42. The number of para-hydroxylation sites is 2. The number of benzene rings is 2. The molecule has 1 aliphatic heterocycles. The van der Waals surface area contributed by atoms with Crippen molar-refractivity contribution >= 4 is 27.6 Å². The largest absolute Gasteiger partial charge is 0.454 e. The van der Waals surface area contributed by atoms with Crippen molar-refractivity contribution in [3.05, 3.63) is 54.9 Å². The molecular weight excluding hydrogens is 260 g/mol. The van der Waals surface area contributed by atoms with E-state index in [1.54, 1.807) is 0 Å². The van der Waals surface area contributed by atoms with E-state index in [1.165, 1.54) is 10.8 Å². The van der Waals surface area contributed by atoms with E-state index in [9.17, 15) is 0 Å². The van der Waals surface area contributed by atoms with Gasteiger partial charge in [-0.15, -0.1) is 0 Å². The Labute approximate surface area is 124 Å². The lowest BCUT2D eigenvalue weighted by molar-refractivity contribution is 0.336. The van der Waals surface area contributed by atoms with Crippen molar-refractivity contribution in [2.75, 3.05) is 11.6 Å². The summed E-state index contributed by atoms with van der Waals surface area (Å²) in [5.41, 5.74) is 3.04. The molecule has 2 heterocycles. The van der Waals surface area contributed by atoms with Crippen LogP contribution in [0.15, 0.2) is 59.3 Å². The average molecular weight is 278 g/mol. The lowest BCUT2D eigenvalue weighted by Gasteiger charge is -2.24. The standard InChI is InChI=1S/C18H18N2O/c1-13(2)19-10-11-20(12-19)16-8-5-7-15-14-6-3-4-9-17(14)21-18(15)16/h3-11,13H,12H2,1-2H3. The molecule has 21 heavy (non-hydrogen) atoms. The molecule has 3 heteroatoms. The second kappa shape index (κ2) is 4.55. The first-order valence-corrected chi connectivity index (χ1v) is 7.35. The fourth-order valence-corrected chi connectivity index (χ4v) is 2.89. The van der Waals surface area contributed by atoms with Gasteiger partial charge in [-0.05, 0) is 26.0 Å². The van der Waals surface area contributed by atoms with Gasteiger partial charge >= 0.3 is 0 Å². The highest BCUT2D eigenvalue weighted by atomic mass is 16.3. The van der Waals surface area contributed by atoms with Crippen LogP contribution in [0.5, 0.6) is 0 Å². The predicted octanol–water partition coefficient (Wildman–Crippen LogP) is 4.55. The summed E-state index contributed by atoms with van der Waals surface area (Å²) < 4.78 is 6.10. The summed E-state index contributed by atoms with van der Waals surface area (Å²) >= 11 is 0. The van der Waals surface area contributed by atoms with Crippen molar-refractivity contribution < 1.29 is 4.42 Å². The van der Waals surface area contributed by atoms with Gasteiger partial charge in [-0.2, -0.15) is 0 Å². The van der Waals surface area contributed by atoms with Gasteiger partial charge in [-0.3, -0.25) is 0 Å². The first-order chi connectivity index (χ1) is 10.2. The molecule has 0 spiro atoms. The normalized spacial score (nSPS) is 15.0. The van der Waals surface area contributed by atoms with Crippen LogP contribution >= 0.6 is 0 Å². The van der Waals surface area contributed by atoms with Gasteiger partial charge in [0.25, 0.3) is 0 Å². The van der Waals surface area contributed by atoms with Crippen LogP contribution in [0, 0.1) is 0 Å². The van der Waals surface area contributed by atoms with Gasteiger partial charge < -0.3 is 14.2 Å². The molecule has 3 nitrogen and oxygen atoms in total. The van der Waals surface area contributed by atoms with Crippen molar-refractivity contribution in [2.45, 2.75) is 19.9 Å². The topological polar surface area (TPSA) is 19.6 Å². The van der Waals surface area contributed by atoms with E-state index < -0.39 is 0 Å². The Bertz CT molecular complexity index is 831. The zero-order chi connectivity index (χ0) is 14.4. The smallest absolute Gasteiger partial charge is 0.159 e. The van der Waals surface area contributed by atoms with Gasteiger partial charge in [0.2, 0.25) is 0 Å². The highest BCUT2D eigenvalue weighted by Crippen LogP contribution is 2.36. The quantitative estimate of drug-likeness (QED) is 0.686. The van der Waals surface area contributed by atoms with Gasteiger partial charge in [0, 0.05) is 29.2 Å². The minimum absolute atomic E-state index is 0.501. The molecule has 106 valence electrons. The van der Waals surface area contributed by atoms with E-state index in [0.29, 0.717) is 6.04 Å². The number of furan rings is 1. The summed E-state index contributed by atoms with van der Waals surface area (Å²) in [6.45, 7) is 5.28. The lowest BCUT2D eigenvalue weighted by Crippen LogP contribution is -2.30. The number of hydrogen-bond acceptors (Lipinski definition) is 3. The fourth-order valence-electron chi connectivity index (χ4n) is 2.89. The summed E-state index contributed by atoms with van der Waals surface area (Å²) in [5.74, 6) is 0. The summed E-state index contributed by atoms with van der Waals surface area (Å²) in [5, 5.41) is 2.36. The maximum Gasteiger partial charge on any atom is 0.159 e. The number of rotatable bonds is 2. The van der Waals surface area contributed by atoms with E-state index >= 15 is 0 Å². The molecule has 1 aromatic heterocycles. The van der Waals surface area contributed by atoms with Gasteiger partial charge in [0.05, 0.1) is 12.4 Å². The van der Waals surface area contributed by atoms with Gasteiger partial charge in [-0.1, -0.05) is 30.3 Å². The van der Waals surface area contributed by atoms with Gasteiger partial charge in [0.1, 0.15) is 5.58 Å². The zero-order valence-electron chi connectivity index (χ0n) is 12.3. The third-order valence-electron chi connectivity index (χ3n) is 4.11. The molecule has 3 aromatic rings. The van der Waals surface area contributed by atoms with E-state index in [1.807, 2.05) is 12.1 Å². The first kappa shape index (κ1) is 12.3. The maximum absolute atomic E-state index is 6.10. The third-order valence-corrected chi connectivity index (χ3v) is 4.11. The summed E-state index contributed by atoms with van der Waals surface area (Å²) in [7, 11) is 0. The molecule has 0 saturated carbocycles. The van der Waals surface area contributed by atoms with E-state index in [4.69, 9.17) is 4.42 Å². The van der Waals surface area contributed by atoms with Crippen LogP contribution in [0.2, 0.25) is 0 Å². The maximum atomic E-state index is 6.10. The zero-order valence-corrected chi connectivity index (χ0v) is 12.3. The van der Waals surface area contributed by atoms with E-state index in [0.717, 1.165) is 23.5 Å². The molecule has 4 rings (SSSR count). The van der Waals surface area contributed by atoms with Crippen LogP contribution in [0.1, 0.15) is 13.8 Å². The van der Waals surface area contributed by atoms with E-state index in [2.05, 4.69) is 66.4 Å². The summed E-state index contributed by atoms with van der Waals surface area (Å²) in [6, 6.07) is 15.1. The molecule has 2 aromatic carbocycles. The first-order valence-electron chi connectivity index (χ1n) is 7.35. The highest BCUT2D eigenvalue weighted by molar-refractivity contribution is 6.09. The molecule has 0 unspecified atom stereocenters. The minimum atomic E-state index is 0.501. The number of anilines is 1. The Kier molecular flexibility index (Phi) is 2.67. The van der Waals surface area contributed by atoms with E-state index in [-0.39, 0.29) is 0 Å². The van der Waals surface area contributed by atoms with Crippen LogP contribution < -0.4 is 4.90 Å². The van der Waals surface area contributed by atoms with Crippen LogP contribution in [-0.2, 0) is 0 Å². The fraction of sp³-hybridized carbons (Fsp3) is 0.222. The second-order valence-corrected chi connectivity index (χ2v) is 5.77. The van der Waals surface area contributed by atoms with Crippen molar-refractivity contribution in [3.63, 3.8) is 0 Å². The number of hydrogen-bond donors (Lipinski definition) is 0. The van der Waals surface area contributed by atoms with Gasteiger partial charge in [-0.25, -0.2) is 0 Å². The Morgan fingerprint density at radius 3 is 2.57 bits per heavy atom. The molecular formula is C18H18N2O. The monoisotopic (exact) mass is 278 g/mol. The molecule has 0 amide bonds. The van der Waals surface area contributed by atoms with Crippen LogP contribution in [0.4, 0.5) is 5.69 Å². The highest BCUT2D eigenvalue weighted by Gasteiger charge is 2.20. The van der Waals surface area contributed by atoms with Gasteiger partial charge in [0.15, 0.2) is 5.58 Å². The Morgan fingerprint density at radius 1 is 0.952 bits per heavy atom. The average Bonchev–Trinajstić information content (AvgIpc) is 3.11. The van der Waals surface area contributed by atoms with Crippen molar-refractivity contribution in [1.29, 1.82) is 0 Å². The SMILES string of the molecule is CC(C)N1C=CN(c2cccc3c2oc2ccccc23)C1. The Balaban J connectivity index is 1.85. The summed E-state index contributed by atoms with van der Waals surface area (Å²) in [6.07, 6.45) is 4.27. The molecule has 0 aliphatic carbocycles. The molecule has 0 bridgehead atoms.